The summed E-state index contributed by atoms with van der Waals surface area (Å²) >= 11 is 0. The molecule has 13 heavy (non-hydrogen) atoms. The van der Waals surface area contributed by atoms with Crippen LogP contribution in [0.15, 0.2) is 18.2 Å². The van der Waals surface area contributed by atoms with E-state index in [9.17, 15) is 4.39 Å². The van der Waals surface area contributed by atoms with Gasteiger partial charge in [-0.25, -0.2) is 4.39 Å². The van der Waals surface area contributed by atoms with Crippen molar-refractivity contribution < 1.29 is 9.13 Å². The minimum atomic E-state index is -0.193. The number of rotatable bonds is 4. The van der Waals surface area contributed by atoms with Crippen LogP contribution in [-0.4, -0.2) is 13.7 Å². The molecule has 0 spiro atoms. The standard InChI is InChI=1S/C10H14FNO/c1-3-12-7-8-6-9(13-2)4-5-10(8)11/h4-6,12H,3,7H2,1-2H3. The minimum Gasteiger partial charge on any atom is -0.497 e. The van der Waals surface area contributed by atoms with Crippen LogP contribution in [0.25, 0.3) is 0 Å². The van der Waals surface area contributed by atoms with Crippen LogP contribution in [0, 0.1) is 5.82 Å². The first-order valence-electron chi connectivity index (χ1n) is 4.31. The molecule has 0 fully saturated rings. The van der Waals surface area contributed by atoms with Gasteiger partial charge in [-0.3, -0.25) is 0 Å². The molecule has 0 saturated carbocycles. The van der Waals surface area contributed by atoms with Crippen molar-refractivity contribution in [2.75, 3.05) is 13.7 Å². The lowest BCUT2D eigenvalue weighted by Crippen LogP contribution is -2.12. The Kier molecular flexibility index (Phi) is 3.71. The fourth-order valence-electron chi connectivity index (χ4n) is 1.07. The van der Waals surface area contributed by atoms with Crippen molar-refractivity contribution in [1.29, 1.82) is 0 Å². The van der Waals surface area contributed by atoms with Crippen LogP contribution in [0.5, 0.6) is 5.75 Å². The van der Waals surface area contributed by atoms with Gasteiger partial charge in [-0.15, -0.1) is 0 Å². The summed E-state index contributed by atoms with van der Waals surface area (Å²) in [6.45, 7) is 3.36. The van der Waals surface area contributed by atoms with Gasteiger partial charge < -0.3 is 10.1 Å². The number of benzene rings is 1. The Morgan fingerprint density at radius 3 is 2.85 bits per heavy atom. The number of methoxy groups -OCH3 is 1. The molecule has 0 radical (unpaired) electrons. The van der Waals surface area contributed by atoms with Gasteiger partial charge in [-0.2, -0.15) is 0 Å². The van der Waals surface area contributed by atoms with Gasteiger partial charge in [0.05, 0.1) is 7.11 Å². The summed E-state index contributed by atoms with van der Waals surface area (Å²) in [4.78, 5) is 0. The van der Waals surface area contributed by atoms with E-state index in [1.807, 2.05) is 6.92 Å². The maximum atomic E-state index is 13.1. The van der Waals surface area contributed by atoms with Crippen LogP contribution in [0.1, 0.15) is 12.5 Å². The molecular formula is C10H14FNO. The lowest BCUT2D eigenvalue weighted by Gasteiger charge is -2.06. The van der Waals surface area contributed by atoms with Crippen LogP contribution in [-0.2, 0) is 6.54 Å². The van der Waals surface area contributed by atoms with E-state index < -0.39 is 0 Å². The van der Waals surface area contributed by atoms with Crippen molar-refractivity contribution in [2.24, 2.45) is 0 Å². The van der Waals surface area contributed by atoms with Crippen molar-refractivity contribution in [1.82, 2.24) is 5.32 Å². The summed E-state index contributed by atoms with van der Waals surface area (Å²) in [5, 5.41) is 3.06. The van der Waals surface area contributed by atoms with E-state index >= 15 is 0 Å². The Labute approximate surface area is 77.7 Å². The first-order valence-corrected chi connectivity index (χ1v) is 4.31. The third-order valence-corrected chi connectivity index (χ3v) is 1.82. The molecular weight excluding hydrogens is 169 g/mol. The van der Waals surface area contributed by atoms with Gasteiger partial charge in [-0.1, -0.05) is 6.92 Å². The average Bonchev–Trinajstić information content (AvgIpc) is 2.17. The molecule has 0 bridgehead atoms. The molecule has 0 aliphatic rings. The maximum Gasteiger partial charge on any atom is 0.127 e. The highest BCUT2D eigenvalue weighted by Crippen LogP contribution is 2.15. The second kappa shape index (κ2) is 4.82. The number of hydrogen-bond donors (Lipinski definition) is 1. The predicted octanol–water partition coefficient (Wildman–Crippen LogP) is 1.94. The molecule has 0 aliphatic heterocycles. The zero-order valence-electron chi connectivity index (χ0n) is 7.93. The first kappa shape index (κ1) is 9.99. The molecule has 1 aromatic carbocycles. The van der Waals surface area contributed by atoms with Crippen LogP contribution in [0.3, 0.4) is 0 Å². The average molecular weight is 183 g/mol. The Bertz CT molecular complexity index is 276. The van der Waals surface area contributed by atoms with E-state index in [4.69, 9.17) is 4.74 Å². The van der Waals surface area contributed by atoms with Gasteiger partial charge >= 0.3 is 0 Å². The molecule has 0 saturated heterocycles. The molecule has 1 rings (SSSR count). The van der Waals surface area contributed by atoms with Gasteiger partial charge in [0.15, 0.2) is 0 Å². The summed E-state index contributed by atoms with van der Waals surface area (Å²) in [5.74, 6) is 0.496. The van der Waals surface area contributed by atoms with E-state index in [2.05, 4.69) is 5.32 Å². The lowest BCUT2D eigenvalue weighted by molar-refractivity contribution is 0.412. The number of nitrogens with one attached hydrogen (secondary N) is 1. The van der Waals surface area contributed by atoms with Gasteiger partial charge in [0.25, 0.3) is 0 Å². The molecule has 0 atom stereocenters. The van der Waals surface area contributed by atoms with Crippen LogP contribution in [0.2, 0.25) is 0 Å². The summed E-state index contributed by atoms with van der Waals surface area (Å²) < 4.78 is 18.1. The molecule has 0 aromatic heterocycles. The molecule has 72 valence electrons. The van der Waals surface area contributed by atoms with Crippen LogP contribution >= 0.6 is 0 Å². The maximum absolute atomic E-state index is 13.1. The van der Waals surface area contributed by atoms with Gasteiger partial charge in [0.1, 0.15) is 11.6 Å². The van der Waals surface area contributed by atoms with Gasteiger partial charge in [0.2, 0.25) is 0 Å². The second-order valence-corrected chi connectivity index (χ2v) is 2.74. The number of hydrogen-bond acceptors (Lipinski definition) is 2. The van der Waals surface area contributed by atoms with E-state index in [-0.39, 0.29) is 5.82 Å². The van der Waals surface area contributed by atoms with E-state index in [0.717, 1.165) is 6.54 Å². The molecule has 3 heteroatoms. The predicted molar refractivity (Wildman–Crippen MR) is 50.3 cm³/mol. The Hall–Kier alpha value is -1.09. The number of halogens is 1. The van der Waals surface area contributed by atoms with Crippen molar-refractivity contribution in [3.05, 3.63) is 29.6 Å². The highest BCUT2D eigenvalue weighted by molar-refractivity contribution is 5.29. The van der Waals surface area contributed by atoms with Crippen LogP contribution in [0.4, 0.5) is 4.39 Å². The molecule has 1 N–H and O–H groups in total. The summed E-state index contributed by atoms with van der Waals surface area (Å²) in [6, 6.07) is 4.74. The van der Waals surface area contributed by atoms with Crippen molar-refractivity contribution in [3.63, 3.8) is 0 Å². The van der Waals surface area contributed by atoms with Gasteiger partial charge in [-0.05, 0) is 24.7 Å². The SMILES string of the molecule is CCNCc1cc(OC)ccc1F. The van der Waals surface area contributed by atoms with Crippen LogP contribution < -0.4 is 10.1 Å². The van der Waals surface area contributed by atoms with E-state index in [0.29, 0.717) is 17.9 Å². The smallest absolute Gasteiger partial charge is 0.127 e. The summed E-state index contributed by atoms with van der Waals surface area (Å²) in [5.41, 5.74) is 0.640. The summed E-state index contributed by atoms with van der Waals surface area (Å²) in [7, 11) is 1.57. The third-order valence-electron chi connectivity index (χ3n) is 1.82. The molecule has 1 aromatic rings. The summed E-state index contributed by atoms with van der Waals surface area (Å²) in [6.07, 6.45) is 0. The number of ether oxygens (including phenoxy) is 1. The monoisotopic (exact) mass is 183 g/mol. The van der Waals surface area contributed by atoms with Crippen molar-refractivity contribution in [2.45, 2.75) is 13.5 Å². The molecule has 0 amide bonds. The van der Waals surface area contributed by atoms with E-state index in [1.165, 1.54) is 6.07 Å². The normalized spacial score (nSPS) is 10.1. The lowest BCUT2D eigenvalue weighted by atomic mass is 10.2. The molecule has 0 heterocycles. The largest absolute Gasteiger partial charge is 0.497 e. The first-order chi connectivity index (χ1) is 6.27. The third kappa shape index (κ3) is 2.70. The fourth-order valence-corrected chi connectivity index (χ4v) is 1.07. The minimum absolute atomic E-state index is 0.193. The molecule has 2 nitrogen and oxygen atoms in total. The van der Waals surface area contributed by atoms with Crippen molar-refractivity contribution >= 4 is 0 Å². The zero-order chi connectivity index (χ0) is 9.68. The highest BCUT2D eigenvalue weighted by Gasteiger charge is 2.02. The Balaban J connectivity index is 2.78. The zero-order valence-corrected chi connectivity index (χ0v) is 7.93. The topological polar surface area (TPSA) is 21.3 Å². The second-order valence-electron chi connectivity index (χ2n) is 2.74. The Morgan fingerprint density at radius 2 is 2.23 bits per heavy atom. The van der Waals surface area contributed by atoms with Gasteiger partial charge in [0, 0.05) is 12.1 Å². The highest BCUT2D eigenvalue weighted by atomic mass is 19.1. The molecule has 0 unspecified atom stereocenters. The van der Waals surface area contributed by atoms with Crippen molar-refractivity contribution in [3.8, 4) is 5.75 Å². The fraction of sp³-hybridized carbons (Fsp3) is 0.400. The van der Waals surface area contributed by atoms with E-state index in [1.54, 1.807) is 19.2 Å². The molecule has 0 aliphatic carbocycles. The quantitative estimate of drug-likeness (QED) is 0.770. The Morgan fingerprint density at radius 1 is 1.46 bits per heavy atom.